The molecule has 0 atom stereocenters. The van der Waals surface area contributed by atoms with E-state index in [1.54, 1.807) is 10.8 Å². The van der Waals surface area contributed by atoms with Crippen molar-refractivity contribution in [2.75, 3.05) is 11.5 Å². The normalized spacial score (nSPS) is 11.8. The summed E-state index contributed by atoms with van der Waals surface area (Å²) in [4.78, 5) is 0. The summed E-state index contributed by atoms with van der Waals surface area (Å²) in [6, 6.07) is 0. The topological polar surface area (TPSA) is 0 Å². The lowest BCUT2D eigenvalue weighted by molar-refractivity contribution is 1.73. The molecule has 0 aromatic rings. The second kappa shape index (κ2) is 8.53. The fraction of sp³-hybridized carbons (Fsp3) is 0.333. The summed E-state index contributed by atoms with van der Waals surface area (Å²) in [6.45, 7) is 0. The van der Waals surface area contributed by atoms with Crippen molar-refractivity contribution < 1.29 is 0 Å². The SMILES string of the molecule is SC=CCSCC=CS. The molecule has 0 bridgehead atoms. The molecule has 0 N–H and O–H groups in total. The average molecular weight is 178 g/mol. The van der Waals surface area contributed by atoms with Gasteiger partial charge in [0.15, 0.2) is 0 Å². The van der Waals surface area contributed by atoms with Crippen LogP contribution in [0.3, 0.4) is 0 Å². The van der Waals surface area contributed by atoms with E-state index in [0.717, 1.165) is 11.5 Å². The monoisotopic (exact) mass is 178 g/mol. The Morgan fingerprint density at radius 1 is 1.00 bits per heavy atom. The van der Waals surface area contributed by atoms with Crippen molar-refractivity contribution in [1.29, 1.82) is 0 Å². The molecule has 0 radical (unpaired) electrons. The predicted octanol–water partition coefficient (Wildman–Crippen LogP) is 2.61. The van der Waals surface area contributed by atoms with Gasteiger partial charge in [-0.25, -0.2) is 0 Å². The molecule has 3 heteroatoms. The standard InChI is InChI=1S/C6H10S3/c7-3-1-5-9-6-2-4-8/h1-4,7-8H,5-6H2. The van der Waals surface area contributed by atoms with Crippen molar-refractivity contribution >= 4 is 37.0 Å². The van der Waals surface area contributed by atoms with E-state index in [4.69, 9.17) is 0 Å². The molecule has 0 saturated carbocycles. The molecule has 0 spiro atoms. The Morgan fingerprint density at radius 2 is 1.44 bits per heavy atom. The summed E-state index contributed by atoms with van der Waals surface area (Å²) in [6.07, 6.45) is 4.03. The Balaban J connectivity index is 2.91. The highest BCUT2D eigenvalue weighted by Gasteiger charge is 1.76. The van der Waals surface area contributed by atoms with Crippen molar-refractivity contribution in [3.05, 3.63) is 23.0 Å². The Labute approximate surface area is 71.6 Å². The van der Waals surface area contributed by atoms with Crippen LogP contribution in [-0.2, 0) is 0 Å². The zero-order chi connectivity index (χ0) is 6.95. The van der Waals surface area contributed by atoms with Crippen LogP contribution in [0.25, 0.3) is 0 Å². The minimum atomic E-state index is 1.03. The Hall–Kier alpha value is 0.530. The smallest absolute Gasteiger partial charge is 0.0124 e. The third kappa shape index (κ3) is 8.53. The van der Waals surface area contributed by atoms with Crippen LogP contribution in [0.15, 0.2) is 23.0 Å². The quantitative estimate of drug-likeness (QED) is 0.493. The molecule has 0 aliphatic carbocycles. The van der Waals surface area contributed by atoms with E-state index in [9.17, 15) is 0 Å². The van der Waals surface area contributed by atoms with E-state index < -0.39 is 0 Å². The molecule has 0 heterocycles. The molecule has 9 heavy (non-hydrogen) atoms. The van der Waals surface area contributed by atoms with Gasteiger partial charge >= 0.3 is 0 Å². The van der Waals surface area contributed by atoms with Crippen LogP contribution < -0.4 is 0 Å². The lowest BCUT2D eigenvalue weighted by Gasteiger charge is -1.87. The molecule has 0 aliphatic rings. The first-order chi connectivity index (χ1) is 4.41. The second-order valence-corrected chi connectivity index (χ2v) is 2.98. The maximum atomic E-state index is 3.92. The summed E-state index contributed by atoms with van der Waals surface area (Å²) in [5.74, 6) is 2.06. The third-order valence-corrected chi connectivity index (χ3v) is 1.92. The number of rotatable bonds is 4. The van der Waals surface area contributed by atoms with Gasteiger partial charge in [-0.05, 0) is 10.8 Å². The van der Waals surface area contributed by atoms with Crippen molar-refractivity contribution in [2.24, 2.45) is 0 Å². The highest BCUT2D eigenvalue weighted by molar-refractivity contribution is 7.99. The molecule has 0 aliphatic heterocycles. The lowest BCUT2D eigenvalue weighted by Crippen LogP contribution is -1.71. The Morgan fingerprint density at radius 3 is 1.78 bits per heavy atom. The predicted molar refractivity (Wildman–Crippen MR) is 53.6 cm³/mol. The van der Waals surface area contributed by atoms with E-state index in [2.05, 4.69) is 25.3 Å². The van der Waals surface area contributed by atoms with Gasteiger partial charge in [0.25, 0.3) is 0 Å². The van der Waals surface area contributed by atoms with E-state index in [-0.39, 0.29) is 0 Å². The van der Waals surface area contributed by atoms with E-state index >= 15 is 0 Å². The highest BCUT2D eigenvalue weighted by Crippen LogP contribution is 2.00. The lowest BCUT2D eigenvalue weighted by atomic mass is 10.7. The van der Waals surface area contributed by atoms with Crippen LogP contribution in [0.4, 0.5) is 0 Å². The van der Waals surface area contributed by atoms with E-state index in [1.807, 2.05) is 23.9 Å². The van der Waals surface area contributed by atoms with Gasteiger partial charge in [0.2, 0.25) is 0 Å². The maximum absolute atomic E-state index is 3.92. The van der Waals surface area contributed by atoms with Gasteiger partial charge in [0, 0.05) is 11.5 Å². The van der Waals surface area contributed by atoms with Crippen LogP contribution >= 0.6 is 37.0 Å². The van der Waals surface area contributed by atoms with Gasteiger partial charge in [-0.2, -0.15) is 37.0 Å². The van der Waals surface area contributed by atoms with Crippen molar-refractivity contribution in [3.8, 4) is 0 Å². The second-order valence-electron chi connectivity index (χ2n) is 1.31. The van der Waals surface area contributed by atoms with Crippen LogP contribution in [0, 0.1) is 0 Å². The molecule has 0 nitrogen and oxygen atoms in total. The molecular formula is C6H10S3. The van der Waals surface area contributed by atoms with Crippen molar-refractivity contribution in [3.63, 3.8) is 0 Å². The highest BCUT2D eigenvalue weighted by atomic mass is 32.2. The molecular weight excluding hydrogens is 168 g/mol. The number of thiol groups is 2. The molecule has 0 unspecified atom stereocenters. The van der Waals surface area contributed by atoms with Gasteiger partial charge in [0.05, 0.1) is 0 Å². The van der Waals surface area contributed by atoms with Crippen LogP contribution in [0.2, 0.25) is 0 Å². The molecule has 0 fully saturated rings. The summed E-state index contributed by atoms with van der Waals surface area (Å²) >= 11 is 9.67. The molecule has 0 aromatic heterocycles. The summed E-state index contributed by atoms with van der Waals surface area (Å²) < 4.78 is 0. The van der Waals surface area contributed by atoms with E-state index in [0.29, 0.717) is 0 Å². The average Bonchev–Trinajstić information content (AvgIpc) is 1.89. The van der Waals surface area contributed by atoms with Crippen molar-refractivity contribution in [2.45, 2.75) is 0 Å². The van der Waals surface area contributed by atoms with Gasteiger partial charge < -0.3 is 0 Å². The zero-order valence-corrected chi connectivity index (χ0v) is 7.63. The fourth-order valence-electron chi connectivity index (χ4n) is 0.290. The zero-order valence-electron chi connectivity index (χ0n) is 5.03. The van der Waals surface area contributed by atoms with Gasteiger partial charge in [0.1, 0.15) is 0 Å². The van der Waals surface area contributed by atoms with E-state index in [1.165, 1.54) is 0 Å². The minimum Gasteiger partial charge on any atom is -0.154 e. The maximum Gasteiger partial charge on any atom is 0.0124 e. The number of hydrogen-bond acceptors (Lipinski definition) is 3. The summed E-state index contributed by atoms with van der Waals surface area (Å²) in [5.41, 5.74) is 0. The van der Waals surface area contributed by atoms with Crippen LogP contribution in [-0.4, -0.2) is 11.5 Å². The number of hydrogen-bond donors (Lipinski definition) is 2. The van der Waals surface area contributed by atoms with Crippen LogP contribution in [0.1, 0.15) is 0 Å². The molecule has 52 valence electrons. The Kier molecular flexibility index (Phi) is 9.03. The summed E-state index contributed by atoms with van der Waals surface area (Å²) in [7, 11) is 0. The van der Waals surface area contributed by atoms with Crippen LogP contribution in [0.5, 0.6) is 0 Å². The first-order valence-corrected chi connectivity index (χ1v) is 4.76. The molecule has 0 saturated heterocycles. The number of thioether (sulfide) groups is 1. The largest absolute Gasteiger partial charge is 0.154 e. The summed E-state index contributed by atoms with van der Waals surface area (Å²) in [5, 5.41) is 3.52. The fourth-order valence-corrected chi connectivity index (χ4v) is 1.39. The minimum absolute atomic E-state index is 1.03. The van der Waals surface area contributed by atoms with Gasteiger partial charge in [-0.1, -0.05) is 12.2 Å². The Bertz CT molecular complexity index is 84.5. The first-order valence-electron chi connectivity index (χ1n) is 2.58. The van der Waals surface area contributed by atoms with Gasteiger partial charge in [-0.3, -0.25) is 0 Å². The molecule has 0 aromatic carbocycles. The third-order valence-electron chi connectivity index (χ3n) is 0.639. The van der Waals surface area contributed by atoms with Gasteiger partial charge in [-0.15, -0.1) is 0 Å². The molecule has 0 rings (SSSR count). The molecule has 0 amide bonds. The first kappa shape index (κ1) is 9.53. The van der Waals surface area contributed by atoms with Crippen molar-refractivity contribution in [1.82, 2.24) is 0 Å².